The van der Waals surface area contributed by atoms with Crippen LogP contribution in [0.1, 0.15) is 69.4 Å². The molecule has 2 unspecified atom stereocenters. The summed E-state index contributed by atoms with van der Waals surface area (Å²) < 4.78 is 5.75. The van der Waals surface area contributed by atoms with E-state index in [9.17, 15) is 19.2 Å². The van der Waals surface area contributed by atoms with Gasteiger partial charge in [-0.15, -0.1) is 22.4 Å². The van der Waals surface area contributed by atoms with Crippen LogP contribution in [0.2, 0.25) is 6.32 Å². The van der Waals surface area contributed by atoms with Gasteiger partial charge in [0.15, 0.2) is 0 Å². The van der Waals surface area contributed by atoms with Gasteiger partial charge in [0.1, 0.15) is 6.61 Å². The molecule has 39 heavy (non-hydrogen) atoms. The van der Waals surface area contributed by atoms with Gasteiger partial charge in [-0.05, 0) is 65.8 Å². The van der Waals surface area contributed by atoms with Crippen LogP contribution < -0.4 is 16.0 Å². The van der Waals surface area contributed by atoms with Crippen molar-refractivity contribution in [2.45, 2.75) is 64.6 Å². The third kappa shape index (κ3) is 9.31. The van der Waals surface area contributed by atoms with Crippen molar-refractivity contribution in [2.75, 3.05) is 23.8 Å². The van der Waals surface area contributed by atoms with Crippen LogP contribution in [0.15, 0.2) is 36.4 Å². The van der Waals surface area contributed by atoms with E-state index in [4.69, 9.17) is 4.74 Å². The van der Waals surface area contributed by atoms with Gasteiger partial charge in [0.05, 0.1) is 0 Å². The van der Waals surface area contributed by atoms with E-state index in [0.29, 0.717) is 37.2 Å². The van der Waals surface area contributed by atoms with E-state index in [-0.39, 0.29) is 53.2 Å². The Balaban J connectivity index is 1.77. The summed E-state index contributed by atoms with van der Waals surface area (Å²) in [6.07, 6.45) is 3.39. The van der Waals surface area contributed by atoms with Crippen molar-refractivity contribution in [3.63, 3.8) is 0 Å². The number of hydrogen-bond acceptors (Lipinski definition) is 5. The Labute approximate surface area is 246 Å². The SMILES string of the molecule is CCCNC(=O)CCCC(=O)Nc1ccc2c(c1)C(COC(=O)CB(P)I)c1cc(NC(=O)CCC)ccc1-2. The van der Waals surface area contributed by atoms with E-state index in [2.05, 4.69) is 47.4 Å². The average Bonchev–Trinajstić information content (AvgIpc) is 3.17. The zero-order chi connectivity index (χ0) is 28.4. The molecule has 0 fully saturated rings. The fourth-order valence-electron chi connectivity index (χ4n) is 4.53. The molecule has 208 valence electrons. The fraction of sp³-hybridized carbons (Fsp3) is 0.429. The van der Waals surface area contributed by atoms with Crippen LogP contribution in [0.4, 0.5) is 11.4 Å². The maximum Gasteiger partial charge on any atom is 0.299 e. The number of nitrogens with one attached hydrogen (secondary N) is 3. The van der Waals surface area contributed by atoms with Gasteiger partial charge in [0, 0.05) is 49.4 Å². The predicted molar refractivity (Wildman–Crippen MR) is 168 cm³/mol. The molecule has 0 aromatic heterocycles. The summed E-state index contributed by atoms with van der Waals surface area (Å²) in [6, 6.07) is 11.5. The molecule has 0 saturated carbocycles. The van der Waals surface area contributed by atoms with E-state index < -0.39 is 0 Å². The van der Waals surface area contributed by atoms with Gasteiger partial charge in [-0.2, -0.15) is 9.12 Å². The highest BCUT2D eigenvalue weighted by atomic mass is 127. The normalized spacial score (nSPS) is 13.2. The second-order valence-corrected chi connectivity index (χ2v) is 13.4. The van der Waals surface area contributed by atoms with Crippen molar-refractivity contribution in [1.29, 1.82) is 0 Å². The maximum atomic E-state index is 12.6. The lowest BCUT2D eigenvalue weighted by Crippen LogP contribution is -2.24. The molecular weight excluding hydrogens is 627 g/mol. The lowest BCUT2D eigenvalue weighted by Gasteiger charge is -2.16. The number of hydrogen-bond donors (Lipinski definition) is 3. The lowest BCUT2D eigenvalue weighted by atomic mass is 9.97. The monoisotopic (exact) mass is 663 g/mol. The zero-order valence-electron chi connectivity index (χ0n) is 22.5. The molecule has 0 saturated heterocycles. The first-order valence-corrected chi connectivity index (χ1v) is 15.3. The first kappa shape index (κ1) is 31.1. The second kappa shape index (κ2) is 15.4. The molecule has 11 heteroatoms. The molecule has 0 radical (unpaired) electrons. The predicted octanol–water partition coefficient (Wildman–Crippen LogP) is 5.51. The molecule has 3 rings (SSSR count). The van der Waals surface area contributed by atoms with E-state index in [1.54, 1.807) is 0 Å². The average molecular weight is 663 g/mol. The Morgan fingerprint density at radius 1 is 0.872 bits per heavy atom. The summed E-state index contributed by atoms with van der Waals surface area (Å²) in [6.45, 7) is 4.75. The quantitative estimate of drug-likeness (QED) is 0.107. The van der Waals surface area contributed by atoms with Crippen LogP contribution in [0.5, 0.6) is 0 Å². The summed E-state index contributed by atoms with van der Waals surface area (Å²) in [4.78, 5) is 48.9. The van der Waals surface area contributed by atoms with Gasteiger partial charge in [0.2, 0.25) is 17.7 Å². The van der Waals surface area contributed by atoms with Crippen LogP contribution in [0.25, 0.3) is 11.1 Å². The Morgan fingerprint density at radius 2 is 1.44 bits per heavy atom. The molecule has 2 aromatic rings. The Hall–Kier alpha value is -2.46. The first-order chi connectivity index (χ1) is 18.7. The molecule has 0 bridgehead atoms. The fourth-order valence-corrected chi connectivity index (χ4v) is 5.08. The molecule has 2 atom stereocenters. The number of rotatable bonds is 14. The molecule has 0 heterocycles. The summed E-state index contributed by atoms with van der Waals surface area (Å²) in [5.74, 6) is -0.765. The molecule has 0 spiro atoms. The number of anilines is 2. The first-order valence-electron chi connectivity index (χ1n) is 13.4. The minimum Gasteiger partial charge on any atom is -0.465 e. The number of halogens is 1. The molecule has 3 amide bonds. The van der Waals surface area contributed by atoms with Crippen LogP contribution in [-0.4, -0.2) is 41.1 Å². The van der Waals surface area contributed by atoms with E-state index in [1.807, 2.05) is 50.2 Å². The zero-order valence-corrected chi connectivity index (χ0v) is 25.8. The molecule has 1 aliphatic carbocycles. The van der Waals surface area contributed by atoms with Gasteiger partial charge >= 0.3 is 0 Å². The van der Waals surface area contributed by atoms with Crippen molar-refractivity contribution in [1.82, 2.24) is 5.32 Å². The molecule has 0 aliphatic heterocycles. The number of carbonyl (C=O) groups is 4. The van der Waals surface area contributed by atoms with Crippen LogP contribution in [-0.2, 0) is 23.9 Å². The van der Waals surface area contributed by atoms with Crippen molar-refractivity contribution < 1.29 is 23.9 Å². The maximum absolute atomic E-state index is 12.6. The Morgan fingerprint density at radius 3 is 1.97 bits per heavy atom. The van der Waals surface area contributed by atoms with E-state index in [0.717, 1.165) is 35.1 Å². The van der Waals surface area contributed by atoms with Gasteiger partial charge < -0.3 is 20.7 Å². The summed E-state index contributed by atoms with van der Waals surface area (Å²) in [5.41, 5.74) is 5.26. The summed E-state index contributed by atoms with van der Waals surface area (Å²) in [7, 11) is 2.59. The molecule has 8 nitrogen and oxygen atoms in total. The number of ether oxygens (including phenoxy) is 1. The third-order valence-electron chi connectivity index (χ3n) is 6.34. The van der Waals surface area contributed by atoms with Crippen LogP contribution in [0.3, 0.4) is 0 Å². The smallest absolute Gasteiger partial charge is 0.299 e. The van der Waals surface area contributed by atoms with Crippen LogP contribution in [0, 0.1) is 0 Å². The van der Waals surface area contributed by atoms with Gasteiger partial charge in [0.25, 0.3) is 10.3 Å². The minimum absolute atomic E-state index is 0.0434. The number of carbonyl (C=O) groups excluding carboxylic acids is 4. The molecule has 3 N–H and O–H groups in total. The molecule has 1 aliphatic rings. The van der Waals surface area contributed by atoms with Gasteiger partial charge in [-0.25, -0.2) is 0 Å². The largest absolute Gasteiger partial charge is 0.465 e. The number of amides is 3. The van der Waals surface area contributed by atoms with Crippen molar-refractivity contribution in [3.05, 3.63) is 47.5 Å². The third-order valence-corrected chi connectivity index (χ3v) is 7.02. The highest BCUT2D eigenvalue weighted by molar-refractivity contribution is 14.1. The summed E-state index contributed by atoms with van der Waals surface area (Å²) >= 11 is 2.16. The van der Waals surface area contributed by atoms with E-state index >= 15 is 0 Å². The Kier molecular flexibility index (Phi) is 12.2. The Bertz CT molecular complexity index is 1210. The summed E-state index contributed by atoms with van der Waals surface area (Å²) in [5, 5.41) is 8.71. The van der Waals surface area contributed by atoms with Crippen molar-refractivity contribution >= 4 is 70.8 Å². The topological polar surface area (TPSA) is 114 Å². The lowest BCUT2D eigenvalue weighted by molar-refractivity contribution is -0.141. The molecule has 2 aromatic carbocycles. The van der Waals surface area contributed by atoms with Gasteiger partial charge in [-0.3, -0.25) is 19.2 Å². The number of benzene rings is 2. The second-order valence-electron chi connectivity index (χ2n) is 9.61. The van der Waals surface area contributed by atoms with Crippen LogP contribution >= 0.6 is 31.5 Å². The van der Waals surface area contributed by atoms with E-state index in [1.165, 1.54) is 0 Å². The van der Waals surface area contributed by atoms with Gasteiger partial charge in [-0.1, -0.05) is 26.0 Å². The standard InChI is InChI=1S/C28H36BIN3O5P/c1-3-6-26(35)32-18-9-11-20-21-12-10-19(33-27(36)8-5-7-25(34)31-13-4-2)15-23(21)24(22(20)14-18)17-38-28(37)16-29(30)39/h9-12,14-15,24H,3-8,13,16-17,39H2,1-2H3,(H,31,34)(H,32,35)(H,33,36). The minimum atomic E-state index is -0.278. The number of esters is 1. The van der Waals surface area contributed by atoms with Crippen molar-refractivity contribution in [3.8, 4) is 11.1 Å². The highest BCUT2D eigenvalue weighted by Crippen LogP contribution is 2.47. The molecular formula is C28H36BIN3O5P. The highest BCUT2D eigenvalue weighted by Gasteiger charge is 2.31. The van der Waals surface area contributed by atoms with Crippen molar-refractivity contribution in [2.24, 2.45) is 0 Å². The number of fused-ring (bicyclic) bond motifs is 3.